The molecule has 10 nitrogen and oxygen atoms in total. The van der Waals surface area contributed by atoms with Crippen molar-refractivity contribution in [2.75, 3.05) is 11.1 Å². The molecule has 0 bridgehead atoms. The molecule has 5 rings (SSSR count). The third-order valence-corrected chi connectivity index (χ3v) is 5.70. The van der Waals surface area contributed by atoms with Crippen LogP contribution in [-0.2, 0) is 11.3 Å². The van der Waals surface area contributed by atoms with Gasteiger partial charge in [-0.3, -0.25) is 0 Å². The number of para-hydroxylation sites is 1. The lowest BCUT2D eigenvalue weighted by Crippen LogP contribution is -2.23. The zero-order chi connectivity index (χ0) is 27.7. The van der Waals surface area contributed by atoms with Crippen molar-refractivity contribution in [1.82, 2.24) is 15.2 Å². The maximum atomic E-state index is 12.7. The number of nitrogen functional groups attached to an aromatic ring is 1. The average molecular weight is 532 g/mol. The van der Waals surface area contributed by atoms with Crippen LogP contribution in [0.2, 0.25) is 0 Å². The van der Waals surface area contributed by atoms with Gasteiger partial charge in [0.05, 0.1) is 16.9 Å². The van der Waals surface area contributed by atoms with Crippen LogP contribution < -0.4 is 21.5 Å². The number of aliphatic imine (C=N–C) groups is 1. The molecule has 0 atom stereocenters. The van der Waals surface area contributed by atoms with Crippen molar-refractivity contribution in [3.63, 3.8) is 0 Å². The van der Waals surface area contributed by atoms with Gasteiger partial charge in [-0.1, -0.05) is 48.5 Å². The number of carbonyl (C=O) groups excluding carboxylic acids is 1. The first-order valence-corrected chi connectivity index (χ1v) is 12.3. The minimum atomic E-state index is -0.492. The van der Waals surface area contributed by atoms with Crippen molar-refractivity contribution >= 4 is 29.1 Å². The van der Waals surface area contributed by atoms with Gasteiger partial charge in [-0.2, -0.15) is 4.99 Å². The molecule has 3 aromatic carbocycles. The Balaban J connectivity index is 1.19. The summed E-state index contributed by atoms with van der Waals surface area (Å²) < 4.78 is 11.2. The largest absolute Gasteiger partial charge is 0.457 e. The van der Waals surface area contributed by atoms with Crippen molar-refractivity contribution < 1.29 is 14.3 Å². The first-order chi connectivity index (χ1) is 19.5. The molecule has 0 radical (unpaired) electrons. The van der Waals surface area contributed by atoms with Gasteiger partial charge < -0.3 is 26.3 Å². The zero-order valence-corrected chi connectivity index (χ0v) is 21.3. The van der Waals surface area contributed by atoms with E-state index in [1.54, 1.807) is 48.7 Å². The predicted molar refractivity (Wildman–Crippen MR) is 153 cm³/mol. The molecule has 40 heavy (non-hydrogen) atoms. The third-order valence-electron chi connectivity index (χ3n) is 5.70. The topological polar surface area (TPSA) is 151 Å². The Morgan fingerprint density at radius 2 is 1.62 bits per heavy atom. The van der Waals surface area contributed by atoms with Crippen LogP contribution in [0.3, 0.4) is 0 Å². The van der Waals surface area contributed by atoms with E-state index in [0.717, 1.165) is 11.3 Å². The van der Waals surface area contributed by atoms with Crippen LogP contribution in [0.15, 0.2) is 114 Å². The fourth-order valence-electron chi connectivity index (χ4n) is 3.69. The number of nitrogens with zero attached hydrogens (tertiary/aromatic N) is 4. The molecule has 0 aliphatic heterocycles. The molecule has 0 saturated carbocycles. The summed E-state index contributed by atoms with van der Waals surface area (Å²) in [5.74, 6) is 0.761. The van der Waals surface area contributed by atoms with E-state index in [0.29, 0.717) is 39.9 Å². The standard InChI is InChI=1S/C30H25N7O3/c31-24-10-6-18-33-28(24)40-23-14-12-21(13-15-23)29(38)39-19-22-9-4-5-11-25(22)34-30(32)35-27-17-16-26(36-37-27)20-7-2-1-3-8-20/h1-18H,19,31H2,(H3,32,34,35,37). The van der Waals surface area contributed by atoms with E-state index in [1.807, 2.05) is 60.7 Å². The number of pyridine rings is 1. The number of anilines is 2. The SMILES string of the molecule is NC(=Nc1ccc(-c2ccccc2)nn1)Nc1ccccc1COC(=O)c1ccc(Oc2ncccc2N)cc1. The van der Waals surface area contributed by atoms with Gasteiger partial charge in [0, 0.05) is 23.0 Å². The highest BCUT2D eigenvalue weighted by molar-refractivity contribution is 5.94. The molecule has 0 aliphatic carbocycles. The van der Waals surface area contributed by atoms with E-state index in [1.165, 1.54) is 0 Å². The van der Waals surface area contributed by atoms with Gasteiger partial charge in [-0.25, -0.2) is 9.78 Å². The maximum Gasteiger partial charge on any atom is 0.338 e. The summed E-state index contributed by atoms with van der Waals surface area (Å²) in [6.45, 7) is 0.0174. The van der Waals surface area contributed by atoms with E-state index in [4.69, 9.17) is 20.9 Å². The summed E-state index contributed by atoms with van der Waals surface area (Å²) in [7, 11) is 0. The van der Waals surface area contributed by atoms with Crippen LogP contribution in [-0.4, -0.2) is 27.1 Å². The van der Waals surface area contributed by atoms with Gasteiger partial charge in [-0.15, -0.1) is 10.2 Å². The number of carbonyl (C=O) groups is 1. The summed E-state index contributed by atoms with van der Waals surface area (Å²) in [6, 6.07) is 30.5. The fourth-order valence-corrected chi connectivity index (χ4v) is 3.69. The summed E-state index contributed by atoms with van der Waals surface area (Å²) >= 11 is 0. The van der Waals surface area contributed by atoms with Crippen molar-refractivity contribution in [3.05, 3.63) is 120 Å². The molecule has 0 aliphatic rings. The molecule has 198 valence electrons. The summed E-state index contributed by atoms with van der Waals surface area (Å²) in [4.78, 5) is 21.1. The predicted octanol–water partition coefficient (Wildman–Crippen LogP) is 5.33. The molecule has 0 spiro atoms. The molecule has 2 aromatic heterocycles. The van der Waals surface area contributed by atoms with Crippen LogP contribution in [0.5, 0.6) is 11.6 Å². The highest BCUT2D eigenvalue weighted by Gasteiger charge is 2.11. The Hall–Kier alpha value is -5.77. The Morgan fingerprint density at radius 3 is 2.38 bits per heavy atom. The monoisotopic (exact) mass is 531 g/mol. The molecule has 0 unspecified atom stereocenters. The summed E-state index contributed by atoms with van der Waals surface area (Å²) in [6.07, 6.45) is 1.58. The van der Waals surface area contributed by atoms with Crippen molar-refractivity contribution in [3.8, 4) is 22.9 Å². The molecule has 10 heteroatoms. The lowest BCUT2D eigenvalue weighted by Gasteiger charge is -2.12. The molecule has 5 aromatic rings. The second-order valence-electron chi connectivity index (χ2n) is 8.52. The van der Waals surface area contributed by atoms with Crippen molar-refractivity contribution in [1.29, 1.82) is 0 Å². The number of esters is 1. The number of hydrogen-bond acceptors (Lipinski definition) is 8. The molecule has 0 saturated heterocycles. The van der Waals surface area contributed by atoms with E-state index in [2.05, 4.69) is 25.5 Å². The number of aromatic nitrogens is 3. The van der Waals surface area contributed by atoms with E-state index < -0.39 is 5.97 Å². The van der Waals surface area contributed by atoms with Crippen LogP contribution in [0.4, 0.5) is 17.2 Å². The van der Waals surface area contributed by atoms with E-state index >= 15 is 0 Å². The van der Waals surface area contributed by atoms with Gasteiger partial charge in [0.15, 0.2) is 11.8 Å². The second kappa shape index (κ2) is 12.2. The Bertz CT molecular complexity index is 1620. The Kier molecular flexibility index (Phi) is 7.88. The average Bonchev–Trinajstić information content (AvgIpc) is 2.99. The van der Waals surface area contributed by atoms with Crippen LogP contribution in [0.1, 0.15) is 15.9 Å². The normalized spacial score (nSPS) is 11.1. The zero-order valence-electron chi connectivity index (χ0n) is 21.3. The summed E-state index contributed by atoms with van der Waals surface area (Å²) in [5.41, 5.74) is 15.8. The highest BCUT2D eigenvalue weighted by atomic mass is 16.5. The molecule has 0 amide bonds. The van der Waals surface area contributed by atoms with Crippen LogP contribution in [0.25, 0.3) is 11.3 Å². The van der Waals surface area contributed by atoms with Gasteiger partial charge in [-0.05, 0) is 54.6 Å². The number of nitrogens with one attached hydrogen (secondary N) is 1. The number of hydrogen-bond donors (Lipinski definition) is 3. The lowest BCUT2D eigenvalue weighted by atomic mass is 10.1. The number of rotatable bonds is 8. The van der Waals surface area contributed by atoms with E-state index in [9.17, 15) is 4.79 Å². The molecule has 2 heterocycles. The lowest BCUT2D eigenvalue weighted by molar-refractivity contribution is 0.0473. The minimum absolute atomic E-state index is 0.0174. The first kappa shape index (κ1) is 25.9. The molecule has 0 fully saturated rings. The molecular weight excluding hydrogens is 506 g/mol. The maximum absolute atomic E-state index is 12.7. The number of benzene rings is 3. The molecule has 5 N–H and O–H groups in total. The van der Waals surface area contributed by atoms with E-state index in [-0.39, 0.29) is 12.6 Å². The number of nitrogens with two attached hydrogens (primary N) is 2. The van der Waals surface area contributed by atoms with Gasteiger partial charge in [0.1, 0.15) is 12.4 Å². The second-order valence-corrected chi connectivity index (χ2v) is 8.52. The van der Waals surface area contributed by atoms with Gasteiger partial charge in [0.2, 0.25) is 5.88 Å². The van der Waals surface area contributed by atoms with Gasteiger partial charge >= 0.3 is 5.97 Å². The Labute approximate surface area is 230 Å². The fraction of sp³-hybridized carbons (Fsp3) is 0.0333. The minimum Gasteiger partial charge on any atom is -0.457 e. The highest BCUT2D eigenvalue weighted by Crippen LogP contribution is 2.25. The quantitative estimate of drug-likeness (QED) is 0.137. The van der Waals surface area contributed by atoms with Gasteiger partial charge in [0.25, 0.3) is 0 Å². The third kappa shape index (κ3) is 6.56. The smallest absolute Gasteiger partial charge is 0.338 e. The van der Waals surface area contributed by atoms with Crippen molar-refractivity contribution in [2.24, 2.45) is 10.7 Å². The van der Waals surface area contributed by atoms with Crippen LogP contribution >= 0.6 is 0 Å². The molecular formula is C30H25N7O3. The number of ether oxygens (including phenoxy) is 2. The van der Waals surface area contributed by atoms with Crippen LogP contribution in [0, 0.1) is 0 Å². The summed E-state index contributed by atoms with van der Waals surface area (Å²) in [5, 5.41) is 11.4. The van der Waals surface area contributed by atoms with Crippen molar-refractivity contribution in [2.45, 2.75) is 6.61 Å². The number of guanidine groups is 1. The first-order valence-electron chi connectivity index (χ1n) is 12.3. The Morgan fingerprint density at radius 1 is 0.850 bits per heavy atom.